The summed E-state index contributed by atoms with van der Waals surface area (Å²) in [4.78, 5) is 23.6. The maximum Gasteiger partial charge on any atom is 0.416 e. The molecule has 1 fully saturated rings. The van der Waals surface area contributed by atoms with Gasteiger partial charge >= 0.3 is 18.1 Å². The summed E-state index contributed by atoms with van der Waals surface area (Å²) < 4.78 is 54.4. The molecule has 1 aromatic heterocycles. The summed E-state index contributed by atoms with van der Waals surface area (Å²) in [7, 11) is 1.27. The molecule has 138 valence electrons. The molecular weight excluding hydrogens is 357 g/mol. The van der Waals surface area contributed by atoms with E-state index in [9.17, 15) is 22.8 Å². The van der Waals surface area contributed by atoms with Crippen LogP contribution >= 0.6 is 0 Å². The van der Waals surface area contributed by atoms with Gasteiger partial charge in [0.2, 0.25) is 11.8 Å². The zero-order valence-corrected chi connectivity index (χ0v) is 13.4. The summed E-state index contributed by atoms with van der Waals surface area (Å²) in [5.41, 5.74) is -1.04. The van der Waals surface area contributed by atoms with Crippen LogP contribution in [0.15, 0.2) is 30.5 Å². The van der Waals surface area contributed by atoms with Crippen LogP contribution < -0.4 is 4.74 Å². The van der Waals surface area contributed by atoms with Gasteiger partial charge in [-0.3, -0.25) is 0 Å². The number of carbonyl (C=O) groups excluding carboxylic acids is 2. The Bertz CT molecular complexity index is 847. The van der Waals surface area contributed by atoms with Crippen LogP contribution in [0.5, 0.6) is 5.75 Å². The molecule has 1 aliphatic heterocycles. The molecule has 0 saturated carbocycles. The predicted molar refractivity (Wildman–Crippen MR) is 79.9 cm³/mol. The van der Waals surface area contributed by atoms with E-state index in [0.29, 0.717) is 0 Å². The first-order valence-electron chi connectivity index (χ1n) is 7.48. The quantitative estimate of drug-likeness (QED) is 0.769. The smallest absolute Gasteiger partial charge is 0.416 e. The van der Waals surface area contributed by atoms with Crippen LogP contribution in [0, 0.1) is 0 Å². The highest BCUT2D eigenvalue weighted by Crippen LogP contribution is 2.31. The molecule has 2 heterocycles. The zero-order chi connectivity index (χ0) is 18.9. The van der Waals surface area contributed by atoms with Gasteiger partial charge in [-0.05, 0) is 18.2 Å². The number of cyclic esters (lactones) is 1. The summed E-state index contributed by atoms with van der Waals surface area (Å²) in [6, 6.07) is 4.42. The molecule has 1 aliphatic rings. The van der Waals surface area contributed by atoms with E-state index < -0.39 is 29.8 Å². The number of nitrogens with zero attached hydrogens (tertiary/aromatic N) is 2. The van der Waals surface area contributed by atoms with Gasteiger partial charge < -0.3 is 14.2 Å². The molecule has 0 N–H and O–H groups in total. The Morgan fingerprint density at radius 3 is 2.77 bits per heavy atom. The minimum atomic E-state index is -4.52. The lowest BCUT2D eigenvalue weighted by Crippen LogP contribution is -2.23. The Morgan fingerprint density at radius 1 is 1.38 bits per heavy atom. The molecule has 3 rings (SSSR count). The Morgan fingerprint density at radius 2 is 2.15 bits per heavy atom. The van der Waals surface area contributed by atoms with E-state index in [-0.39, 0.29) is 30.2 Å². The number of benzene rings is 1. The first-order chi connectivity index (χ1) is 12.3. The normalized spacial score (nSPS) is 17.1. The third kappa shape index (κ3) is 3.48. The molecule has 0 radical (unpaired) electrons. The third-order valence-corrected chi connectivity index (χ3v) is 3.67. The SMILES string of the molecule is COc1cn(-c2cccc(C(F)(F)F)c2)nc1C(=O)O[C@H]1CCOC1=O. The number of aromatic nitrogens is 2. The minimum absolute atomic E-state index is 0.00113. The monoisotopic (exact) mass is 370 g/mol. The fraction of sp³-hybridized carbons (Fsp3) is 0.312. The van der Waals surface area contributed by atoms with Crippen LogP contribution in [-0.4, -0.2) is 41.5 Å². The average molecular weight is 370 g/mol. The van der Waals surface area contributed by atoms with E-state index in [4.69, 9.17) is 14.2 Å². The second kappa shape index (κ2) is 6.70. The van der Waals surface area contributed by atoms with Crippen molar-refractivity contribution in [3.63, 3.8) is 0 Å². The third-order valence-electron chi connectivity index (χ3n) is 3.67. The lowest BCUT2D eigenvalue weighted by molar-refractivity contribution is -0.145. The second-order valence-electron chi connectivity index (χ2n) is 5.39. The number of esters is 2. The number of ether oxygens (including phenoxy) is 3. The Labute approximate surface area is 145 Å². The fourth-order valence-corrected chi connectivity index (χ4v) is 2.38. The number of hydrogen-bond acceptors (Lipinski definition) is 6. The molecule has 0 amide bonds. The van der Waals surface area contributed by atoms with Crippen LogP contribution in [-0.2, 0) is 20.4 Å². The van der Waals surface area contributed by atoms with Gasteiger partial charge in [0.25, 0.3) is 0 Å². The average Bonchev–Trinajstić information content (AvgIpc) is 3.21. The van der Waals surface area contributed by atoms with Crippen molar-refractivity contribution in [1.82, 2.24) is 9.78 Å². The number of halogens is 3. The lowest BCUT2D eigenvalue weighted by atomic mass is 10.2. The predicted octanol–water partition coefficient (Wildman–Crippen LogP) is 2.37. The summed E-state index contributed by atoms with van der Waals surface area (Å²) >= 11 is 0. The first kappa shape index (κ1) is 17.8. The second-order valence-corrected chi connectivity index (χ2v) is 5.39. The molecule has 1 aromatic carbocycles. The van der Waals surface area contributed by atoms with E-state index >= 15 is 0 Å². The van der Waals surface area contributed by atoms with Crippen LogP contribution in [0.25, 0.3) is 5.69 Å². The Balaban J connectivity index is 1.89. The van der Waals surface area contributed by atoms with Gasteiger partial charge in [0, 0.05) is 6.42 Å². The number of hydrogen-bond donors (Lipinski definition) is 0. The van der Waals surface area contributed by atoms with Gasteiger partial charge in [-0.2, -0.15) is 18.3 Å². The molecule has 2 aromatic rings. The van der Waals surface area contributed by atoms with Crippen LogP contribution in [0.4, 0.5) is 13.2 Å². The lowest BCUT2D eigenvalue weighted by Gasteiger charge is -2.08. The molecule has 26 heavy (non-hydrogen) atoms. The Hall–Kier alpha value is -3.04. The standard InChI is InChI=1S/C16H13F3N2O5/c1-24-12-8-21(10-4-2-3-9(7-10)16(17,18)19)20-13(12)15(23)26-11-5-6-25-14(11)22/h2-4,7-8,11H,5-6H2,1H3/t11-/m0/s1. The van der Waals surface area contributed by atoms with Crippen molar-refractivity contribution in [3.8, 4) is 11.4 Å². The van der Waals surface area contributed by atoms with E-state index in [2.05, 4.69) is 5.10 Å². The summed E-state index contributed by atoms with van der Waals surface area (Å²) in [6.07, 6.45) is -4.08. The number of alkyl halides is 3. The molecular formula is C16H13F3N2O5. The maximum absolute atomic E-state index is 12.9. The van der Waals surface area contributed by atoms with E-state index in [1.54, 1.807) is 0 Å². The molecule has 7 nitrogen and oxygen atoms in total. The highest BCUT2D eigenvalue weighted by atomic mass is 19.4. The number of rotatable bonds is 4. The number of carbonyl (C=O) groups is 2. The van der Waals surface area contributed by atoms with Gasteiger partial charge in [0.15, 0.2) is 5.75 Å². The molecule has 1 atom stereocenters. The zero-order valence-electron chi connectivity index (χ0n) is 13.4. The van der Waals surface area contributed by atoms with Crippen molar-refractivity contribution in [2.24, 2.45) is 0 Å². The minimum Gasteiger partial charge on any atom is -0.493 e. The highest BCUT2D eigenvalue weighted by molar-refractivity contribution is 5.92. The maximum atomic E-state index is 12.9. The van der Waals surface area contributed by atoms with Crippen LogP contribution in [0.2, 0.25) is 0 Å². The molecule has 1 saturated heterocycles. The summed E-state index contributed by atoms with van der Waals surface area (Å²) in [5.74, 6) is -1.59. The molecule has 0 aliphatic carbocycles. The van der Waals surface area contributed by atoms with Crippen molar-refractivity contribution in [1.29, 1.82) is 0 Å². The summed E-state index contributed by atoms with van der Waals surface area (Å²) in [6.45, 7) is 0.145. The van der Waals surface area contributed by atoms with E-state index in [1.165, 1.54) is 25.4 Å². The molecule has 0 bridgehead atoms. The van der Waals surface area contributed by atoms with Gasteiger partial charge in [0.05, 0.1) is 31.2 Å². The van der Waals surface area contributed by atoms with Gasteiger partial charge in [-0.25, -0.2) is 14.3 Å². The van der Waals surface area contributed by atoms with E-state index in [1.807, 2.05) is 0 Å². The van der Waals surface area contributed by atoms with Crippen molar-refractivity contribution in [2.75, 3.05) is 13.7 Å². The van der Waals surface area contributed by atoms with Crippen molar-refractivity contribution >= 4 is 11.9 Å². The highest BCUT2D eigenvalue weighted by Gasteiger charge is 2.33. The largest absolute Gasteiger partial charge is 0.493 e. The van der Waals surface area contributed by atoms with Gasteiger partial charge in [0.1, 0.15) is 0 Å². The Kier molecular flexibility index (Phi) is 4.58. The van der Waals surface area contributed by atoms with Gasteiger partial charge in [-0.15, -0.1) is 0 Å². The van der Waals surface area contributed by atoms with Crippen molar-refractivity contribution in [3.05, 3.63) is 41.7 Å². The summed E-state index contributed by atoms with van der Waals surface area (Å²) in [5, 5.41) is 3.94. The van der Waals surface area contributed by atoms with Gasteiger partial charge in [-0.1, -0.05) is 6.07 Å². The van der Waals surface area contributed by atoms with Crippen LogP contribution in [0.1, 0.15) is 22.5 Å². The molecule has 0 spiro atoms. The first-order valence-corrected chi connectivity index (χ1v) is 7.48. The topological polar surface area (TPSA) is 79.7 Å². The number of methoxy groups -OCH3 is 1. The van der Waals surface area contributed by atoms with Crippen molar-refractivity contribution in [2.45, 2.75) is 18.7 Å². The van der Waals surface area contributed by atoms with E-state index in [0.717, 1.165) is 16.8 Å². The van der Waals surface area contributed by atoms with Crippen LogP contribution in [0.3, 0.4) is 0 Å². The van der Waals surface area contributed by atoms with Crippen molar-refractivity contribution < 1.29 is 37.0 Å². The molecule has 0 unspecified atom stereocenters. The molecule has 10 heteroatoms. The fourth-order valence-electron chi connectivity index (χ4n) is 2.38.